The molecule has 0 bridgehead atoms. The molecule has 100 valence electrons. The number of carboxylic acid groups (broad SMARTS) is 1. The number of nitrogens with zero attached hydrogens (tertiary/aromatic N) is 2. The number of aromatic nitrogens is 2. The molecule has 1 aromatic heterocycles. The molecule has 0 unspecified atom stereocenters. The minimum absolute atomic E-state index is 0.0236. The van der Waals surface area contributed by atoms with Crippen LogP contribution in [0.4, 0.5) is 0 Å². The van der Waals surface area contributed by atoms with Crippen LogP contribution in [-0.2, 0) is 7.05 Å². The summed E-state index contributed by atoms with van der Waals surface area (Å²) in [4.78, 5) is 12.0. The maximum absolute atomic E-state index is 11.0. The molecule has 0 amide bonds. The van der Waals surface area contributed by atoms with Crippen molar-refractivity contribution in [2.75, 3.05) is 13.4 Å². The average Bonchev–Trinajstić information content (AvgIpc) is 2.79. The van der Waals surface area contributed by atoms with E-state index in [9.17, 15) is 4.79 Å². The standard InChI is InChI=1S/C13H14N2O3S/c1-15-9(7-8(14-15)13(16)17)12-10(18-2)5-4-6-11(12)19-3/h4-7H,1-3H3,(H,16,17). The van der Waals surface area contributed by atoms with Gasteiger partial charge in [-0.3, -0.25) is 4.68 Å². The Hall–Kier alpha value is -1.95. The van der Waals surface area contributed by atoms with Gasteiger partial charge >= 0.3 is 5.97 Å². The van der Waals surface area contributed by atoms with Crippen molar-refractivity contribution in [1.29, 1.82) is 0 Å². The molecule has 19 heavy (non-hydrogen) atoms. The molecule has 0 saturated heterocycles. The van der Waals surface area contributed by atoms with Crippen LogP contribution in [0.1, 0.15) is 10.5 Å². The zero-order valence-electron chi connectivity index (χ0n) is 10.9. The van der Waals surface area contributed by atoms with Gasteiger partial charge in [-0.15, -0.1) is 11.8 Å². The second-order valence-electron chi connectivity index (χ2n) is 3.88. The predicted molar refractivity (Wildman–Crippen MR) is 73.9 cm³/mol. The van der Waals surface area contributed by atoms with E-state index in [1.54, 1.807) is 36.7 Å². The van der Waals surface area contributed by atoms with E-state index in [-0.39, 0.29) is 5.69 Å². The Kier molecular flexibility index (Phi) is 3.80. The summed E-state index contributed by atoms with van der Waals surface area (Å²) in [6.45, 7) is 0. The minimum atomic E-state index is -1.04. The molecule has 0 aliphatic heterocycles. The Labute approximate surface area is 115 Å². The Morgan fingerprint density at radius 2 is 2.21 bits per heavy atom. The summed E-state index contributed by atoms with van der Waals surface area (Å²) in [5.74, 6) is -0.339. The number of thioether (sulfide) groups is 1. The summed E-state index contributed by atoms with van der Waals surface area (Å²) in [5.41, 5.74) is 1.61. The van der Waals surface area contributed by atoms with Gasteiger partial charge in [0.1, 0.15) is 5.75 Å². The monoisotopic (exact) mass is 278 g/mol. The lowest BCUT2D eigenvalue weighted by Crippen LogP contribution is -2.00. The van der Waals surface area contributed by atoms with Crippen LogP contribution in [0.25, 0.3) is 11.3 Å². The largest absolute Gasteiger partial charge is 0.496 e. The third-order valence-corrected chi connectivity index (χ3v) is 3.56. The number of aryl methyl sites for hydroxylation is 1. The number of aromatic carboxylic acids is 1. The fraction of sp³-hybridized carbons (Fsp3) is 0.231. The highest BCUT2D eigenvalue weighted by molar-refractivity contribution is 7.98. The number of methoxy groups -OCH3 is 1. The molecule has 0 aliphatic rings. The Morgan fingerprint density at radius 3 is 2.74 bits per heavy atom. The van der Waals surface area contributed by atoms with E-state index in [0.29, 0.717) is 5.75 Å². The molecule has 1 heterocycles. The van der Waals surface area contributed by atoms with E-state index in [1.165, 1.54) is 0 Å². The van der Waals surface area contributed by atoms with E-state index in [4.69, 9.17) is 9.84 Å². The van der Waals surface area contributed by atoms with Crippen molar-refractivity contribution in [2.45, 2.75) is 4.90 Å². The van der Waals surface area contributed by atoms with E-state index in [1.807, 2.05) is 24.5 Å². The van der Waals surface area contributed by atoms with Crippen LogP contribution >= 0.6 is 11.8 Å². The average molecular weight is 278 g/mol. The van der Waals surface area contributed by atoms with Crippen molar-refractivity contribution in [3.8, 4) is 17.0 Å². The lowest BCUT2D eigenvalue weighted by atomic mass is 10.1. The van der Waals surface area contributed by atoms with Gasteiger partial charge in [0.2, 0.25) is 0 Å². The molecule has 0 aliphatic carbocycles. The van der Waals surface area contributed by atoms with Gasteiger partial charge in [0, 0.05) is 11.9 Å². The van der Waals surface area contributed by atoms with Crippen LogP contribution in [0, 0.1) is 0 Å². The third kappa shape index (κ3) is 2.44. The van der Waals surface area contributed by atoms with Crippen LogP contribution in [-0.4, -0.2) is 34.2 Å². The number of benzene rings is 1. The van der Waals surface area contributed by atoms with Crippen molar-refractivity contribution in [3.63, 3.8) is 0 Å². The minimum Gasteiger partial charge on any atom is -0.496 e. The SMILES string of the molecule is COc1cccc(SC)c1-c1cc(C(=O)O)nn1C. The highest BCUT2D eigenvalue weighted by Gasteiger charge is 2.18. The van der Waals surface area contributed by atoms with Crippen LogP contribution in [0.15, 0.2) is 29.2 Å². The maximum atomic E-state index is 11.0. The summed E-state index contributed by atoms with van der Waals surface area (Å²) < 4.78 is 6.92. The number of hydrogen-bond acceptors (Lipinski definition) is 4. The summed E-state index contributed by atoms with van der Waals surface area (Å²) >= 11 is 1.58. The number of hydrogen-bond donors (Lipinski definition) is 1. The molecule has 2 rings (SSSR count). The van der Waals surface area contributed by atoms with Crippen molar-refractivity contribution in [3.05, 3.63) is 30.0 Å². The normalized spacial score (nSPS) is 10.5. The third-order valence-electron chi connectivity index (χ3n) is 2.78. The molecule has 0 fully saturated rings. The lowest BCUT2D eigenvalue weighted by molar-refractivity contribution is 0.0689. The number of ether oxygens (including phenoxy) is 1. The van der Waals surface area contributed by atoms with Crippen molar-refractivity contribution < 1.29 is 14.6 Å². The van der Waals surface area contributed by atoms with Crippen LogP contribution in [0.5, 0.6) is 5.75 Å². The first kappa shape index (κ1) is 13.5. The summed E-state index contributed by atoms with van der Waals surface area (Å²) in [6.07, 6.45) is 1.97. The van der Waals surface area contributed by atoms with E-state index in [2.05, 4.69) is 5.10 Å². The molecule has 0 radical (unpaired) electrons. The van der Waals surface area contributed by atoms with E-state index < -0.39 is 5.97 Å². The van der Waals surface area contributed by atoms with Crippen molar-refractivity contribution in [2.24, 2.45) is 7.05 Å². The molecule has 1 aromatic carbocycles. The van der Waals surface area contributed by atoms with Gasteiger partial charge in [0.05, 0.1) is 18.4 Å². The summed E-state index contributed by atoms with van der Waals surface area (Å²) in [6, 6.07) is 7.28. The van der Waals surface area contributed by atoms with Gasteiger partial charge in [0.15, 0.2) is 5.69 Å². The first-order chi connectivity index (χ1) is 9.08. The molecule has 1 N–H and O–H groups in total. The smallest absolute Gasteiger partial charge is 0.356 e. The van der Waals surface area contributed by atoms with Crippen molar-refractivity contribution >= 4 is 17.7 Å². The van der Waals surface area contributed by atoms with Gasteiger partial charge in [-0.25, -0.2) is 4.79 Å². The van der Waals surface area contributed by atoms with Gasteiger partial charge < -0.3 is 9.84 Å². The molecule has 0 spiro atoms. The number of rotatable bonds is 4. The molecular formula is C13H14N2O3S. The fourth-order valence-corrected chi connectivity index (χ4v) is 2.53. The zero-order valence-corrected chi connectivity index (χ0v) is 11.7. The van der Waals surface area contributed by atoms with E-state index in [0.717, 1.165) is 16.2 Å². The maximum Gasteiger partial charge on any atom is 0.356 e. The van der Waals surface area contributed by atoms with Gasteiger partial charge in [0.25, 0.3) is 0 Å². The van der Waals surface area contributed by atoms with Crippen LogP contribution in [0.3, 0.4) is 0 Å². The fourth-order valence-electron chi connectivity index (χ4n) is 1.91. The van der Waals surface area contributed by atoms with Crippen LogP contribution in [0.2, 0.25) is 0 Å². The summed E-state index contributed by atoms with van der Waals surface area (Å²) in [7, 11) is 3.32. The van der Waals surface area contributed by atoms with Crippen LogP contribution < -0.4 is 4.74 Å². The zero-order chi connectivity index (χ0) is 14.0. The second-order valence-corrected chi connectivity index (χ2v) is 4.73. The molecular weight excluding hydrogens is 264 g/mol. The van der Waals surface area contributed by atoms with Gasteiger partial charge in [-0.2, -0.15) is 5.10 Å². The molecule has 5 nitrogen and oxygen atoms in total. The highest BCUT2D eigenvalue weighted by atomic mass is 32.2. The molecule has 0 saturated carbocycles. The number of carbonyl (C=O) groups is 1. The molecule has 6 heteroatoms. The first-order valence-electron chi connectivity index (χ1n) is 5.57. The molecule has 2 aromatic rings. The Balaban J connectivity index is 2.67. The predicted octanol–water partition coefficient (Wildman–Crippen LogP) is 2.52. The molecule has 0 atom stereocenters. The van der Waals surface area contributed by atoms with Gasteiger partial charge in [-0.05, 0) is 24.5 Å². The highest BCUT2D eigenvalue weighted by Crippen LogP contribution is 2.37. The quantitative estimate of drug-likeness (QED) is 0.871. The Bertz CT molecular complexity index is 600. The van der Waals surface area contributed by atoms with Crippen molar-refractivity contribution in [1.82, 2.24) is 9.78 Å². The Morgan fingerprint density at radius 1 is 1.47 bits per heavy atom. The number of carboxylic acids is 1. The lowest BCUT2D eigenvalue weighted by Gasteiger charge is -2.12. The van der Waals surface area contributed by atoms with Gasteiger partial charge in [-0.1, -0.05) is 6.07 Å². The van der Waals surface area contributed by atoms with E-state index >= 15 is 0 Å². The second kappa shape index (κ2) is 5.36. The first-order valence-corrected chi connectivity index (χ1v) is 6.79. The summed E-state index contributed by atoms with van der Waals surface area (Å²) in [5, 5.41) is 13.0. The topological polar surface area (TPSA) is 64.3 Å².